The lowest BCUT2D eigenvalue weighted by molar-refractivity contribution is -0.135. The molecule has 1 heterocycles. The van der Waals surface area contributed by atoms with E-state index in [9.17, 15) is 4.79 Å². The molecule has 0 spiro atoms. The molecule has 1 aromatic carbocycles. The molecule has 2 N–H and O–H groups in total. The van der Waals surface area contributed by atoms with Crippen LogP contribution in [0.15, 0.2) is 30.3 Å². The number of likely N-dealkylation sites (N-methyl/N-ethyl adjacent to an activating group) is 1. The molecule has 6 heteroatoms. The van der Waals surface area contributed by atoms with E-state index in [0.29, 0.717) is 18.4 Å². The number of carbonyl (C=O) groups excluding carboxylic acids is 1. The van der Waals surface area contributed by atoms with Crippen LogP contribution in [-0.2, 0) is 11.3 Å². The first-order valence-electron chi connectivity index (χ1n) is 8.31. The van der Waals surface area contributed by atoms with E-state index in [-0.39, 0.29) is 36.8 Å². The molecule has 3 atom stereocenters. The number of benzene rings is 1. The summed E-state index contributed by atoms with van der Waals surface area (Å²) in [6.07, 6.45) is 1.72. The van der Waals surface area contributed by atoms with Gasteiger partial charge in [0.05, 0.1) is 6.04 Å². The highest BCUT2D eigenvalue weighted by molar-refractivity contribution is 5.85. The van der Waals surface area contributed by atoms with Crippen molar-refractivity contribution in [1.82, 2.24) is 9.80 Å². The van der Waals surface area contributed by atoms with Crippen molar-refractivity contribution in [1.29, 1.82) is 0 Å². The minimum Gasteiger partial charge on any atom is -0.341 e. The van der Waals surface area contributed by atoms with E-state index in [1.165, 1.54) is 5.56 Å². The number of hydrogen-bond donors (Lipinski definition) is 1. The molecule has 1 amide bonds. The van der Waals surface area contributed by atoms with Crippen LogP contribution in [0, 0.1) is 5.92 Å². The molecule has 1 fully saturated rings. The van der Waals surface area contributed by atoms with Crippen molar-refractivity contribution in [3.8, 4) is 0 Å². The van der Waals surface area contributed by atoms with E-state index in [1.54, 1.807) is 0 Å². The summed E-state index contributed by atoms with van der Waals surface area (Å²) in [6, 6.07) is 10.5. The average Bonchev–Trinajstić information content (AvgIpc) is 2.54. The van der Waals surface area contributed by atoms with Gasteiger partial charge in [0.25, 0.3) is 0 Å². The molecule has 138 valence electrons. The van der Waals surface area contributed by atoms with Crippen molar-refractivity contribution >= 4 is 30.7 Å². The van der Waals surface area contributed by atoms with Gasteiger partial charge in [0.2, 0.25) is 5.91 Å². The van der Waals surface area contributed by atoms with E-state index in [2.05, 4.69) is 42.2 Å². The van der Waals surface area contributed by atoms with E-state index < -0.39 is 0 Å². The maximum absolute atomic E-state index is 12.3. The standard InChI is InChI=1S/C18H29N3O.2ClH/c1-4-16(19)18(22)20(3)17-10-11-21(12-14(17)2)13-15-8-6-5-7-9-15;;/h5-9,14,16-17H,4,10-13,19H2,1-3H3;2*1H. The first kappa shape index (κ1) is 23.2. The summed E-state index contributed by atoms with van der Waals surface area (Å²) < 4.78 is 0. The molecule has 3 unspecified atom stereocenters. The lowest BCUT2D eigenvalue weighted by atomic mass is 9.91. The molecule has 0 bridgehead atoms. The second kappa shape index (κ2) is 10.9. The van der Waals surface area contributed by atoms with Crippen LogP contribution in [0.1, 0.15) is 32.3 Å². The van der Waals surface area contributed by atoms with Crippen molar-refractivity contribution in [3.05, 3.63) is 35.9 Å². The molecule has 0 saturated carbocycles. The first-order chi connectivity index (χ1) is 10.5. The molecule has 0 aliphatic carbocycles. The summed E-state index contributed by atoms with van der Waals surface area (Å²) in [7, 11) is 1.91. The van der Waals surface area contributed by atoms with Crippen molar-refractivity contribution in [2.45, 2.75) is 45.3 Å². The van der Waals surface area contributed by atoms with Crippen molar-refractivity contribution in [2.75, 3.05) is 20.1 Å². The number of piperidine rings is 1. The van der Waals surface area contributed by atoms with Crippen LogP contribution in [-0.4, -0.2) is 47.9 Å². The van der Waals surface area contributed by atoms with Crippen molar-refractivity contribution < 1.29 is 4.79 Å². The fraction of sp³-hybridized carbons (Fsp3) is 0.611. The molecule has 1 saturated heterocycles. The third-order valence-electron chi connectivity index (χ3n) is 4.80. The smallest absolute Gasteiger partial charge is 0.239 e. The van der Waals surface area contributed by atoms with Gasteiger partial charge < -0.3 is 10.6 Å². The van der Waals surface area contributed by atoms with Gasteiger partial charge in [0.15, 0.2) is 0 Å². The Morgan fingerprint density at radius 1 is 1.33 bits per heavy atom. The lowest BCUT2D eigenvalue weighted by Gasteiger charge is -2.42. The summed E-state index contributed by atoms with van der Waals surface area (Å²) >= 11 is 0. The van der Waals surface area contributed by atoms with Crippen LogP contribution < -0.4 is 5.73 Å². The number of likely N-dealkylation sites (tertiary alicyclic amines) is 1. The molecular formula is C18H31Cl2N3O. The van der Waals surface area contributed by atoms with E-state index in [1.807, 2.05) is 18.9 Å². The fourth-order valence-corrected chi connectivity index (χ4v) is 3.38. The van der Waals surface area contributed by atoms with E-state index in [4.69, 9.17) is 5.73 Å². The van der Waals surface area contributed by atoms with Crippen LogP contribution in [0.2, 0.25) is 0 Å². The van der Waals surface area contributed by atoms with Crippen molar-refractivity contribution in [2.24, 2.45) is 11.7 Å². The maximum atomic E-state index is 12.3. The third kappa shape index (κ3) is 5.92. The molecule has 1 aromatic rings. The van der Waals surface area contributed by atoms with Crippen molar-refractivity contribution in [3.63, 3.8) is 0 Å². The second-order valence-electron chi connectivity index (χ2n) is 6.52. The first-order valence-corrected chi connectivity index (χ1v) is 8.31. The number of halogens is 2. The minimum absolute atomic E-state index is 0. The molecule has 0 aromatic heterocycles. The van der Waals surface area contributed by atoms with Gasteiger partial charge in [-0.2, -0.15) is 0 Å². The highest BCUT2D eigenvalue weighted by Crippen LogP contribution is 2.23. The topological polar surface area (TPSA) is 49.6 Å². The molecule has 24 heavy (non-hydrogen) atoms. The fourth-order valence-electron chi connectivity index (χ4n) is 3.38. The van der Waals surface area contributed by atoms with Crippen LogP contribution in [0.5, 0.6) is 0 Å². The Hall–Kier alpha value is -0.810. The maximum Gasteiger partial charge on any atom is 0.239 e. The van der Waals surface area contributed by atoms with Gasteiger partial charge >= 0.3 is 0 Å². The molecule has 0 radical (unpaired) electrons. The number of nitrogens with two attached hydrogens (primary N) is 1. The Morgan fingerprint density at radius 2 is 1.96 bits per heavy atom. The van der Waals surface area contributed by atoms with E-state index >= 15 is 0 Å². The van der Waals surface area contributed by atoms with Gasteiger partial charge in [-0.1, -0.05) is 44.2 Å². The SMILES string of the molecule is CCC(N)C(=O)N(C)C1CCN(Cc2ccccc2)CC1C.Cl.Cl. The number of hydrogen-bond acceptors (Lipinski definition) is 3. The molecule has 1 aliphatic heterocycles. The molecule has 1 aliphatic rings. The predicted molar refractivity (Wildman–Crippen MR) is 105 cm³/mol. The van der Waals surface area contributed by atoms with Gasteiger partial charge in [0.1, 0.15) is 0 Å². The summed E-state index contributed by atoms with van der Waals surface area (Å²) in [4.78, 5) is 16.6. The van der Waals surface area contributed by atoms with Gasteiger partial charge in [-0.15, -0.1) is 24.8 Å². The highest BCUT2D eigenvalue weighted by atomic mass is 35.5. The van der Waals surface area contributed by atoms with Gasteiger partial charge in [-0.05, 0) is 24.3 Å². The Bertz CT molecular complexity index is 486. The van der Waals surface area contributed by atoms with Crippen LogP contribution >= 0.6 is 24.8 Å². The summed E-state index contributed by atoms with van der Waals surface area (Å²) in [6.45, 7) is 7.25. The Kier molecular flexibility index (Phi) is 10.6. The third-order valence-corrected chi connectivity index (χ3v) is 4.80. The Labute approximate surface area is 158 Å². The normalized spacial score (nSPS) is 22.0. The van der Waals surface area contributed by atoms with Gasteiger partial charge in [-0.3, -0.25) is 9.69 Å². The van der Waals surface area contributed by atoms with Crippen LogP contribution in [0.3, 0.4) is 0 Å². The number of nitrogens with zero attached hydrogens (tertiary/aromatic N) is 2. The molecule has 2 rings (SSSR count). The quantitative estimate of drug-likeness (QED) is 0.860. The molecular weight excluding hydrogens is 345 g/mol. The monoisotopic (exact) mass is 375 g/mol. The van der Waals surface area contributed by atoms with E-state index in [0.717, 1.165) is 26.1 Å². The predicted octanol–water partition coefficient (Wildman–Crippen LogP) is 2.94. The Balaban J connectivity index is 0.00000264. The Morgan fingerprint density at radius 3 is 2.50 bits per heavy atom. The number of carbonyl (C=O) groups is 1. The lowest BCUT2D eigenvalue weighted by Crippen LogP contribution is -2.53. The highest BCUT2D eigenvalue weighted by Gasteiger charge is 2.32. The van der Waals surface area contributed by atoms with Crippen LogP contribution in [0.25, 0.3) is 0 Å². The average molecular weight is 376 g/mol. The zero-order valence-corrected chi connectivity index (χ0v) is 16.5. The summed E-state index contributed by atoms with van der Waals surface area (Å²) in [5, 5.41) is 0. The number of amides is 1. The summed E-state index contributed by atoms with van der Waals surface area (Å²) in [5.41, 5.74) is 7.25. The largest absolute Gasteiger partial charge is 0.341 e. The zero-order valence-electron chi connectivity index (χ0n) is 14.9. The second-order valence-corrected chi connectivity index (χ2v) is 6.52. The summed E-state index contributed by atoms with van der Waals surface area (Å²) in [5.74, 6) is 0.548. The molecule has 4 nitrogen and oxygen atoms in total. The van der Waals surface area contributed by atoms with Crippen LogP contribution in [0.4, 0.5) is 0 Å². The van der Waals surface area contributed by atoms with Gasteiger partial charge in [0, 0.05) is 32.7 Å². The number of rotatable bonds is 5. The minimum atomic E-state index is -0.362. The van der Waals surface area contributed by atoms with Gasteiger partial charge in [-0.25, -0.2) is 0 Å². The zero-order chi connectivity index (χ0) is 16.1.